The highest BCUT2D eigenvalue weighted by atomic mass is 16.3. The molecular formula is C29H49NO. The minimum absolute atomic E-state index is 0.0438. The third kappa shape index (κ3) is 3.50. The van der Waals surface area contributed by atoms with E-state index in [0.717, 1.165) is 23.8 Å². The molecule has 0 aliphatic heterocycles. The van der Waals surface area contributed by atoms with Gasteiger partial charge in [-0.1, -0.05) is 64.3 Å². The summed E-state index contributed by atoms with van der Waals surface area (Å²) in [7, 11) is 0. The molecule has 0 aromatic carbocycles. The van der Waals surface area contributed by atoms with Gasteiger partial charge in [0, 0.05) is 11.0 Å². The average molecular weight is 428 g/mol. The third-order valence-corrected chi connectivity index (χ3v) is 11.2. The highest BCUT2D eigenvalue weighted by Gasteiger charge is 2.64. The summed E-state index contributed by atoms with van der Waals surface area (Å²) in [5.41, 5.74) is 11.4. The Bertz CT molecular complexity index is 750. The lowest BCUT2D eigenvalue weighted by Crippen LogP contribution is -2.63. The van der Waals surface area contributed by atoms with Crippen LogP contribution in [0.3, 0.4) is 0 Å². The molecule has 4 rings (SSSR count). The van der Waals surface area contributed by atoms with Crippen LogP contribution in [0.4, 0.5) is 0 Å². The van der Waals surface area contributed by atoms with Crippen LogP contribution in [0.15, 0.2) is 23.3 Å². The quantitative estimate of drug-likeness (QED) is 0.463. The molecule has 0 saturated heterocycles. The number of hydrogen-bond acceptors (Lipinski definition) is 2. The fourth-order valence-electron chi connectivity index (χ4n) is 9.26. The second-order valence-corrected chi connectivity index (χ2v) is 13.2. The Kier molecular flexibility index (Phi) is 6.09. The summed E-state index contributed by atoms with van der Waals surface area (Å²) >= 11 is 0. The summed E-state index contributed by atoms with van der Waals surface area (Å²) in [4.78, 5) is 0. The van der Waals surface area contributed by atoms with E-state index in [1.807, 2.05) is 6.92 Å². The van der Waals surface area contributed by atoms with Gasteiger partial charge in [-0.2, -0.15) is 0 Å². The maximum Gasteiger partial charge on any atom is 0.0639 e. The van der Waals surface area contributed by atoms with E-state index in [2.05, 4.69) is 46.8 Å². The van der Waals surface area contributed by atoms with Gasteiger partial charge in [0.2, 0.25) is 0 Å². The van der Waals surface area contributed by atoms with Gasteiger partial charge in [0.1, 0.15) is 0 Å². The molecule has 4 aliphatic rings. The van der Waals surface area contributed by atoms with Gasteiger partial charge in [0.15, 0.2) is 0 Å². The second kappa shape index (κ2) is 8.01. The summed E-state index contributed by atoms with van der Waals surface area (Å²) in [5, 5.41) is 9.29. The Labute approximate surface area is 192 Å². The van der Waals surface area contributed by atoms with Crippen LogP contribution >= 0.6 is 0 Å². The van der Waals surface area contributed by atoms with Gasteiger partial charge < -0.3 is 10.8 Å². The molecule has 3 saturated carbocycles. The van der Waals surface area contributed by atoms with Crippen LogP contribution in [0.2, 0.25) is 0 Å². The molecule has 0 amide bonds. The van der Waals surface area contributed by atoms with Crippen molar-refractivity contribution in [1.82, 2.24) is 0 Å². The van der Waals surface area contributed by atoms with Crippen molar-refractivity contribution in [3.8, 4) is 0 Å². The molecule has 0 heterocycles. The topological polar surface area (TPSA) is 46.2 Å². The van der Waals surface area contributed by atoms with Crippen molar-refractivity contribution >= 4 is 0 Å². The predicted octanol–water partition coefficient (Wildman–Crippen LogP) is 7.03. The van der Waals surface area contributed by atoms with E-state index in [1.54, 1.807) is 5.57 Å². The molecule has 7 atom stereocenters. The first-order valence-corrected chi connectivity index (χ1v) is 13.3. The minimum Gasteiger partial charge on any atom is -0.392 e. The van der Waals surface area contributed by atoms with E-state index in [1.165, 1.54) is 57.8 Å². The summed E-state index contributed by atoms with van der Waals surface area (Å²) in [6.07, 6.45) is 17.7. The van der Waals surface area contributed by atoms with Crippen molar-refractivity contribution in [3.63, 3.8) is 0 Å². The van der Waals surface area contributed by atoms with Crippen LogP contribution in [0, 0.1) is 39.9 Å². The number of aliphatic hydroxyl groups excluding tert-OH is 1. The number of aliphatic hydroxyl groups is 1. The van der Waals surface area contributed by atoms with Crippen LogP contribution in [-0.2, 0) is 0 Å². The Morgan fingerprint density at radius 1 is 1.16 bits per heavy atom. The van der Waals surface area contributed by atoms with E-state index in [9.17, 15) is 5.11 Å². The number of nitrogens with two attached hydrogens (primary N) is 1. The molecule has 0 radical (unpaired) electrons. The van der Waals surface area contributed by atoms with Gasteiger partial charge in [-0.25, -0.2) is 0 Å². The van der Waals surface area contributed by atoms with Crippen LogP contribution < -0.4 is 5.73 Å². The Balaban J connectivity index is 1.59. The highest BCUT2D eigenvalue weighted by Crippen LogP contribution is 2.69. The van der Waals surface area contributed by atoms with E-state index in [4.69, 9.17) is 5.73 Å². The number of rotatable bonds is 5. The third-order valence-electron chi connectivity index (χ3n) is 11.2. The van der Waals surface area contributed by atoms with Gasteiger partial charge in [-0.15, -0.1) is 0 Å². The predicted molar refractivity (Wildman–Crippen MR) is 132 cm³/mol. The van der Waals surface area contributed by atoms with Crippen molar-refractivity contribution < 1.29 is 5.11 Å². The summed E-state index contributed by atoms with van der Waals surface area (Å²) in [5.74, 6) is 2.84. The second-order valence-electron chi connectivity index (χ2n) is 13.2. The van der Waals surface area contributed by atoms with Crippen molar-refractivity contribution in [2.45, 2.75) is 111 Å². The zero-order valence-electron chi connectivity index (χ0n) is 21.3. The monoisotopic (exact) mass is 427 g/mol. The lowest BCUT2D eigenvalue weighted by molar-refractivity contribution is -0.0655. The molecule has 0 bridgehead atoms. The first kappa shape index (κ1) is 23.6. The van der Waals surface area contributed by atoms with Gasteiger partial charge in [0.25, 0.3) is 0 Å². The standard InChI is InChI=1S/C29H49NO/c1-20(19-31)9-7-10-21(2)22-13-17-28(6)24-11-12-25-26(3,4)15-8-16-27(25,5)23(24)14-18-29(22,28)30/h9,11,21-23,25,31H,7-8,10,12-19,30H2,1-6H3/b20-9-/t21?,22-,23?,25?,27+,28+,29+/m0/s1. The van der Waals surface area contributed by atoms with Crippen LogP contribution in [0.25, 0.3) is 0 Å². The van der Waals surface area contributed by atoms with Crippen molar-refractivity contribution in [2.24, 2.45) is 45.7 Å². The van der Waals surface area contributed by atoms with E-state index in [-0.39, 0.29) is 17.6 Å². The maximum atomic E-state index is 9.29. The maximum absolute atomic E-state index is 9.29. The van der Waals surface area contributed by atoms with E-state index < -0.39 is 0 Å². The zero-order chi connectivity index (χ0) is 22.7. The smallest absolute Gasteiger partial charge is 0.0639 e. The molecule has 176 valence electrons. The lowest BCUT2D eigenvalue weighted by Gasteiger charge is -2.63. The van der Waals surface area contributed by atoms with Gasteiger partial charge in [-0.05, 0) is 99.2 Å². The van der Waals surface area contributed by atoms with Crippen LogP contribution in [0.1, 0.15) is 106 Å². The van der Waals surface area contributed by atoms with Gasteiger partial charge in [0.05, 0.1) is 6.61 Å². The molecule has 2 heteroatoms. The fourth-order valence-corrected chi connectivity index (χ4v) is 9.26. The van der Waals surface area contributed by atoms with Crippen LogP contribution in [-0.4, -0.2) is 17.3 Å². The lowest BCUT2D eigenvalue weighted by atomic mass is 9.42. The summed E-state index contributed by atoms with van der Waals surface area (Å²) < 4.78 is 0. The Hall–Kier alpha value is -0.600. The molecule has 3 unspecified atom stereocenters. The van der Waals surface area contributed by atoms with E-state index >= 15 is 0 Å². The molecule has 31 heavy (non-hydrogen) atoms. The van der Waals surface area contributed by atoms with Gasteiger partial charge >= 0.3 is 0 Å². The molecule has 3 N–H and O–H groups in total. The number of hydrogen-bond donors (Lipinski definition) is 2. The average Bonchev–Trinajstić information content (AvgIpc) is 2.98. The van der Waals surface area contributed by atoms with E-state index in [0.29, 0.717) is 22.7 Å². The highest BCUT2D eigenvalue weighted by molar-refractivity contribution is 5.35. The first-order valence-electron chi connectivity index (χ1n) is 13.3. The summed E-state index contributed by atoms with van der Waals surface area (Å²) in [6.45, 7) is 14.9. The SMILES string of the molecule is C/C(=C/CCC(C)[C@@H]1CC[C@]2(C)C3=CCC4C(C)(C)CCC[C@]4(C)C3CC[C@@]12N)CO. The normalized spacial score (nSPS) is 45.4. The molecule has 4 aliphatic carbocycles. The zero-order valence-corrected chi connectivity index (χ0v) is 21.3. The first-order chi connectivity index (χ1) is 14.5. The molecular weight excluding hydrogens is 378 g/mol. The molecule has 0 aromatic heterocycles. The summed E-state index contributed by atoms with van der Waals surface area (Å²) in [6, 6.07) is 0. The molecule has 3 fully saturated rings. The molecule has 0 spiro atoms. The molecule has 0 aromatic rings. The Morgan fingerprint density at radius 2 is 1.90 bits per heavy atom. The van der Waals surface area contributed by atoms with Crippen molar-refractivity contribution in [3.05, 3.63) is 23.3 Å². The van der Waals surface area contributed by atoms with Crippen molar-refractivity contribution in [1.29, 1.82) is 0 Å². The molecule has 2 nitrogen and oxygen atoms in total. The fraction of sp³-hybridized carbons (Fsp3) is 0.862. The minimum atomic E-state index is -0.0438. The van der Waals surface area contributed by atoms with Crippen LogP contribution in [0.5, 0.6) is 0 Å². The number of fused-ring (bicyclic) bond motifs is 5. The largest absolute Gasteiger partial charge is 0.392 e. The van der Waals surface area contributed by atoms with Gasteiger partial charge in [-0.3, -0.25) is 0 Å². The van der Waals surface area contributed by atoms with Crippen molar-refractivity contribution in [2.75, 3.05) is 6.61 Å². The Morgan fingerprint density at radius 3 is 2.61 bits per heavy atom. The number of allylic oxidation sites excluding steroid dienone is 2.